The van der Waals surface area contributed by atoms with Gasteiger partial charge in [-0.2, -0.15) is 0 Å². The quantitative estimate of drug-likeness (QED) is 0.818. The Morgan fingerprint density at radius 1 is 1.35 bits per heavy atom. The molecule has 2 rings (SSSR count). The number of hydrogen-bond donors (Lipinski definition) is 1. The number of carbonyl (C=O) groups is 1. The highest BCUT2D eigenvalue weighted by Crippen LogP contribution is 2.49. The van der Waals surface area contributed by atoms with Gasteiger partial charge in [0.1, 0.15) is 5.75 Å². The van der Waals surface area contributed by atoms with Gasteiger partial charge in [-0.1, -0.05) is 6.42 Å². The van der Waals surface area contributed by atoms with Crippen LogP contribution >= 0.6 is 0 Å². The lowest BCUT2D eigenvalue weighted by Crippen LogP contribution is -2.42. The second kappa shape index (κ2) is 4.59. The van der Waals surface area contributed by atoms with E-state index >= 15 is 0 Å². The number of rotatable bonds is 4. The van der Waals surface area contributed by atoms with Crippen molar-refractivity contribution in [3.05, 3.63) is 0 Å². The second-order valence-corrected chi connectivity index (χ2v) is 7.91. The van der Waals surface area contributed by atoms with Crippen LogP contribution in [0.15, 0.2) is 0 Å². The normalized spacial score (nSPS) is 33.6. The van der Waals surface area contributed by atoms with Crippen molar-refractivity contribution in [2.24, 2.45) is 17.8 Å². The van der Waals surface area contributed by atoms with Crippen LogP contribution in [0.3, 0.4) is 0 Å². The first kappa shape index (κ1) is 12.9. The average molecular weight is 259 g/mol. The maximum Gasteiger partial charge on any atom is 0.235 e. The Hall–Kier alpha value is -0.580. The van der Waals surface area contributed by atoms with Crippen LogP contribution in [0.5, 0.6) is 0 Å². The fourth-order valence-corrected chi connectivity index (χ4v) is 4.11. The Morgan fingerprint density at radius 2 is 2.06 bits per heavy atom. The monoisotopic (exact) mass is 259 g/mol. The zero-order valence-corrected chi connectivity index (χ0v) is 11.3. The third-order valence-corrected chi connectivity index (χ3v) is 5.00. The highest BCUT2D eigenvalue weighted by atomic mass is 32.2. The smallest absolute Gasteiger partial charge is 0.235 e. The van der Waals surface area contributed by atoms with E-state index in [0.29, 0.717) is 5.92 Å². The fraction of sp³-hybridized carbons (Fsp3) is 0.917. The molecule has 98 valence electrons. The van der Waals surface area contributed by atoms with Crippen molar-refractivity contribution < 1.29 is 13.2 Å². The van der Waals surface area contributed by atoms with Gasteiger partial charge in [-0.15, -0.1) is 0 Å². The first-order valence-corrected chi connectivity index (χ1v) is 8.38. The van der Waals surface area contributed by atoms with Gasteiger partial charge in [-0.3, -0.25) is 4.79 Å². The number of nitrogens with one attached hydrogen (secondary N) is 1. The van der Waals surface area contributed by atoms with Crippen molar-refractivity contribution >= 4 is 15.7 Å². The first-order chi connectivity index (χ1) is 7.85. The molecular formula is C12H21NO3S. The van der Waals surface area contributed by atoms with E-state index in [1.165, 1.54) is 25.7 Å². The summed E-state index contributed by atoms with van der Waals surface area (Å²) in [6, 6.07) is 0.111. The third kappa shape index (κ3) is 3.21. The summed E-state index contributed by atoms with van der Waals surface area (Å²) in [5.41, 5.74) is 0. The van der Waals surface area contributed by atoms with E-state index in [1.54, 1.807) is 0 Å². The molecular weight excluding hydrogens is 238 g/mol. The van der Waals surface area contributed by atoms with E-state index in [0.717, 1.165) is 18.1 Å². The molecule has 5 heteroatoms. The van der Waals surface area contributed by atoms with Gasteiger partial charge < -0.3 is 5.32 Å². The number of hydrogen-bond acceptors (Lipinski definition) is 3. The summed E-state index contributed by atoms with van der Waals surface area (Å²) in [4.78, 5) is 11.5. The Kier molecular flexibility index (Phi) is 3.48. The summed E-state index contributed by atoms with van der Waals surface area (Å²) in [7, 11) is -3.21. The maximum atomic E-state index is 11.5. The summed E-state index contributed by atoms with van der Waals surface area (Å²) in [6.07, 6.45) is 6.21. The van der Waals surface area contributed by atoms with Gasteiger partial charge in [-0.25, -0.2) is 8.42 Å². The minimum atomic E-state index is -3.21. The molecule has 4 nitrogen and oxygen atoms in total. The lowest BCUT2D eigenvalue weighted by Gasteiger charge is -2.28. The Labute approximate surface area is 103 Å². The zero-order chi connectivity index (χ0) is 12.6. The molecule has 0 aromatic rings. The molecule has 0 heterocycles. The molecule has 17 heavy (non-hydrogen) atoms. The van der Waals surface area contributed by atoms with Crippen LogP contribution in [0.4, 0.5) is 0 Å². The molecule has 0 aromatic heterocycles. The van der Waals surface area contributed by atoms with Gasteiger partial charge >= 0.3 is 0 Å². The molecule has 1 amide bonds. The summed E-state index contributed by atoms with van der Waals surface area (Å²) in [6.45, 7) is 2.01. The molecule has 2 bridgehead atoms. The van der Waals surface area contributed by atoms with E-state index in [-0.39, 0.29) is 11.9 Å². The summed E-state index contributed by atoms with van der Waals surface area (Å²) in [5.74, 6) is 1.39. The molecule has 2 aliphatic carbocycles. The molecule has 4 atom stereocenters. The number of amides is 1. The molecule has 2 fully saturated rings. The summed E-state index contributed by atoms with van der Waals surface area (Å²) >= 11 is 0. The molecule has 0 spiro atoms. The molecule has 0 radical (unpaired) electrons. The molecule has 1 N–H and O–H groups in total. The minimum Gasteiger partial charge on any atom is -0.352 e. The molecule has 0 aromatic carbocycles. The van der Waals surface area contributed by atoms with E-state index < -0.39 is 15.6 Å². The second-order valence-electron chi connectivity index (χ2n) is 5.76. The highest BCUT2D eigenvalue weighted by molar-refractivity contribution is 7.91. The van der Waals surface area contributed by atoms with Crippen LogP contribution in [0.2, 0.25) is 0 Å². The minimum absolute atomic E-state index is 0.111. The van der Waals surface area contributed by atoms with Crippen LogP contribution < -0.4 is 5.32 Å². The van der Waals surface area contributed by atoms with Crippen molar-refractivity contribution in [3.63, 3.8) is 0 Å². The largest absolute Gasteiger partial charge is 0.352 e. The van der Waals surface area contributed by atoms with Gasteiger partial charge in [0.2, 0.25) is 5.91 Å². The number of carbonyl (C=O) groups excluding carboxylic acids is 1. The summed E-state index contributed by atoms with van der Waals surface area (Å²) in [5, 5.41) is 2.85. The topological polar surface area (TPSA) is 63.2 Å². The van der Waals surface area contributed by atoms with Gasteiger partial charge in [0.15, 0.2) is 9.84 Å². The van der Waals surface area contributed by atoms with Crippen LogP contribution in [-0.2, 0) is 14.6 Å². The van der Waals surface area contributed by atoms with Crippen LogP contribution in [0, 0.1) is 17.8 Å². The van der Waals surface area contributed by atoms with Crippen molar-refractivity contribution in [2.45, 2.75) is 38.6 Å². The first-order valence-electron chi connectivity index (χ1n) is 6.32. The molecule has 2 saturated carbocycles. The lowest BCUT2D eigenvalue weighted by atomic mass is 9.84. The van der Waals surface area contributed by atoms with Gasteiger partial charge in [0.25, 0.3) is 0 Å². The van der Waals surface area contributed by atoms with Gasteiger partial charge in [0.05, 0.1) is 0 Å². The fourth-order valence-electron chi connectivity index (χ4n) is 3.55. The van der Waals surface area contributed by atoms with E-state index in [9.17, 15) is 13.2 Å². The lowest BCUT2D eigenvalue weighted by molar-refractivity contribution is -0.119. The Bertz CT molecular complexity index is 404. The van der Waals surface area contributed by atoms with Crippen molar-refractivity contribution in [1.29, 1.82) is 0 Å². The third-order valence-electron chi connectivity index (χ3n) is 4.22. The Balaban J connectivity index is 1.85. The maximum absolute atomic E-state index is 11.5. The van der Waals surface area contributed by atoms with Crippen molar-refractivity contribution in [1.82, 2.24) is 5.32 Å². The van der Waals surface area contributed by atoms with E-state index in [4.69, 9.17) is 0 Å². The van der Waals surface area contributed by atoms with Gasteiger partial charge in [-0.05, 0) is 43.9 Å². The highest BCUT2D eigenvalue weighted by Gasteiger charge is 2.42. The SMILES string of the molecule is C[C@H](NC(=O)CS(C)(=O)=O)[C@H]1C[C@H]2CC[C@H]1C2. The Morgan fingerprint density at radius 3 is 2.53 bits per heavy atom. The number of sulfone groups is 1. The van der Waals surface area contributed by atoms with Crippen LogP contribution in [0.1, 0.15) is 32.6 Å². The predicted octanol–water partition coefficient (Wildman–Crippen LogP) is 0.972. The van der Waals surface area contributed by atoms with Crippen molar-refractivity contribution in [2.75, 3.05) is 12.0 Å². The predicted molar refractivity (Wildman–Crippen MR) is 66.3 cm³/mol. The number of fused-ring (bicyclic) bond motifs is 2. The van der Waals surface area contributed by atoms with E-state index in [2.05, 4.69) is 5.32 Å². The average Bonchev–Trinajstić information content (AvgIpc) is 2.74. The standard InChI is InChI=1S/C12H21NO3S/c1-8(13-12(14)7-17(2,15)16)11-6-9-3-4-10(11)5-9/h8-11H,3-7H2,1-2H3,(H,13,14)/t8-,9-,10-,11+/m0/s1. The van der Waals surface area contributed by atoms with Crippen LogP contribution in [-0.4, -0.2) is 32.4 Å². The zero-order valence-electron chi connectivity index (χ0n) is 10.5. The molecule has 0 aliphatic heterocycles. The molecule has 0 unspecified atom stereocenters. The summed E-state index contributed by atoms with van der Waals surface area (Å²) < 4.78 is 22.0. The molecule has 2 aliphatic rings. The van der Waals surface area contributed by atoms with E-state index in [1.807, 2.05) is 6.92 Å². The van der Waals surface area contributed by atoms with Crippen molar-refractivity contribution in [3.8, 4) is 0 Å². The molecule has 0 saturated heterocycles. The van der Waals surface area contributed by atoms with Crippen LogP contribution in [0.25, 0.3) is 0 Å². The van der Waals surface area contributed by atoms with Gasteiger partial charge in [0, 0.05) is 12.3 Å².